The molecule has 0 bridgehead atoms. The molecule has 1 N–H and O–H groups in total. The Hall–Kier alpha value is -2.63. The number of carbonyl (C=O) groups is 1. The third kappa shape index (κ3) is 3.92. The lowest BCUT2D eigenvalue weighted by molar-refractivity contribution is -0.117. The van der Waals surface area contributed by atoms with E-state index in [9.17, 15) is 9.59 Å². The summed E-state index contributed by atoms with van der Waals surface area (Å²) in [6, 6.07) is 10.2. The molecular weight excluding hydrogens is 270 g/mol. The van der Waals surface area contributed by atoms with Crippen LogP contribution in [0.15, 0.2) is 41.2 Å². The number of aromatic nitrogens is 2. The van der Waals surface area contributed by atoms with Crippen LogP contribution in [0.1, 0.15) is 12.6 Å². The van der Waals surface area contributed by atoms with E-state index >= 15 is 0 Å². The molecule has 2 rings (SSSR count). The minimum absolute atomic E-state index is 0.138. The Balaban J connectivity index is 2.12. The van der Waals surface area contributed by atoms with Gasteiger partial charge in [-0.1, -0.05) is 12.1 Å². The first-order valence-corrected chi connectivity index (χ1v) is 6.66. The van der Waals surface area contributed by atoms with Gasteiger partial charge in [0.15, 0.2) is 0 Å². The molecule has 0 aliphatic carbocycles. The fourth-order valence-corrected chi connectivity index (χ4v) is 1.84. The Morgan fingerprint density at radius 1 is 1.29 bits per heavy atom. The molecule has 1 aromatic carbocycles. The second-order valence-corrected chi connectivity index (χ2v) is 4.45. The number of nitrogens with one attached hydrogen (secondary N) is 1. The molecule has 1 heterocycles. The molecule has 0 atom stereocenters. The molecule has 0 spiro atoms. The van der Waals surface area contributed by atoms with Gasteiger partial charge in [0.05, 0.1) is 18.0 Å². The second-order valence-electron chi connectivity index (χ2n) is 4.45. The molecule has 0 fully saturated rings. The Morgan fingerprint density at radius 2 is 2.05 bits per heavy atom. The van der Waals surface area contributed by atoms with Crippen molar-refractivity contribution in [3.05, 3.63) is 52.4 Å². The number of hydrogen-bond donors (Lipinski definition) is 1. The fraction of sp³-hybridized carbons (Fsp3) is 0.267. The maximum atomic E-state index is 12.0. The van der Waals surface area contributed by atoms with E-state index < -0.39 is 0 Å². The van der Waals surface area contributed by atoms with Gasteiger partial charge in [0, 0.05) is 6.07 Å². The van der Waals surface area contributed by atoms with Gasteiger partial charge in [0.25, 0.3) is 5.56 Å². The summed E-state index contributed by atoms with van der Waals surface area (Å²) < 4.78 is 6.56. The Bertz CT molecular complexity index is 695. The maximum Gasteiger partial charge on any atom is 0.267 e. The molecule has 6 nitrogen and oxygen atoms in total. The van der Waals surface area contributed by atoms with Crippen LogP contribution >= 0.6 is 0 Å². The highest BCUT2D eigenvalue weighted by Crippen LogP contribution is 2.23. The van der Waals surface area contributed by atoms with Crippen molar-refractivity contribution in [2.45, 2.75) is 20.4 Å². The summed E-state index contributed by atoms with van der Waals surface area (Å²) in [6.07, 6.45) is 0. The van der Waals surface area contributed by atoms with Gasteiger partial charge < -0.3 is 10.1 Å². The highest BCUT2D eigenvalue weighted by Gasteiger charge is 2.09. The zero-order valence-electron chi connectivity index (χ0n) is 12.0. The lowest BCUT2D eigenvalue weighted by Gasteiger charge is -2.11. The van der Waals surface area contributed by atoms with Gasteiger partial charge in [0.2, 0.25) is 5.91 Å². The lowest BCUT2D eigenvalue weighted by atomic mass is 10.3. The van der Waals surface area contributed by atoms with E-state index in [1.165, 1.54) is 6.07 Å². The van der Waals surface area contributed by atoms with Crippen LogP contribution in [0, 0.1) is 6.92 Å². The first-order valence-electron chi connectivity index (χ1n) is 6.66. The van der Waals surface area contributed by atoms with E-state index in [1.54, 1.807) is 31.2 Å². The van der Waals surface area contributed by atoms with Gasteiger partial charge in [-0.05, 0) is 32.0 Å². The second kappa shape index (κ2) is 6.69. The summed E-state index contributed by atoms with van der Waals surface area (Å²) in [4.78, 5) is 23.7. The van der Waals surface area contributed by atoms with Crippen molar-refractivity contribution in [1.82, 2.24) is 9.78 Å². The third-order valence-corrected chi connectivity index (χ3v) is 2.75. The first kappa shape index (κ1) is 14.8. The molecule has 0 aliphatic heterocycles. The monoisotopic (exact) mass is 287 g/mol. The van der Waals surface area contributed by atoms with Gasteiger partial charge in [-0.15, -0.1) is 0 Å². The molecule has 2 aromatic rings. The molecule has 6 heteroatoms. The van der Waals surface area contributed by atoms with Crippen LogP contribution in [0.25, 0.3) is 0 Å². The molecule has 21 heavy (non-hydrogen) atoms. The summed E-state index contributed by atoms with van der Waals surface area (Å²) >= 11 is 0. The number of anilines is 1. The molecule has 0 saturated carbocycles. The van der Waals surface area contributed by atoms with E-state index in [4.69, 9.17) is 4.74 Å². The van der Waals surface area contributed by atoms with Crippen molar-refractivity contribution in [2.75, 3.05) is 11.9 Å². The van der Waals surface area contributed by atoms with Crippen molar-refractivity contribution in [3.8, 4) is 5.75 Å². The van der Waals surface area contributed by atoms with Gasteiger partial charge >= 0.3 is 0 Å². The van der Waals surface area contributed by atoms with E-state index in [0.29, 0.717) is 23.7 Å². The van der Waals surface area contributed by atoms with Crippen molar-refractivity contribution in [2.24, 2.45) is 0 Å². The Labute approximate surface area is 122 Å². The van der Waals surface area contributed by atoms with Crippen LogP contribution in [0.2, 0.25) is 0 Å². The summed E-state index contributed by atoms with van der Waals surface area (Å²) in [7, 11) is 0. The van der Waals surface area contributed by atoms with E-state index in [1.807, 2.05) is 13.0 Å². The third-order valence-electron chi connectivity index (χ3n) is 2.75. The normalized spacial score (nSPS) is 10.2. The minimum atomic E-state index is -0.331. The summed E-state index contributed by atoms with van der Waals surface area (Å²) in [6.45, 7) is 4.00. The Kier molecular flexibility index (Phi) is 4.71. The number of amides is 1. The van der Waals surface area contributed by atoms with Crippen LogP contribution < -0.4 is 15.6 Å². The minimum Gasteiger partial charge on any atom is -0.492 e. The van der Waals surface area contributed by atoms with Crippen LogP contribution in [-0.4, -0.2) is 22.3 Å². The molecule has 0 aliphatic rings. The highest BCUT2D eigenvalue weighted by atomic mass is 16.5. The van der Waals surface area contributed by atoms with Gasteiger partial charge in [-0.3, -0.25) is 9.59 Å². The van der Waals surface area contributed by atoms with Crippen LogP contribution in [-0.2, 0) is 11.3 Å². The number of benzene rings is 1. The zero-order valence-corrected chi connectivity index (χ0v) is 12.0. The number of nitrogens with zero attached hydrogens (tertiary/aromatic N) is 2. The van der Waals surface area contributed by atoms with Gasteiger partial charge in [-0.25, -0.2) is 4.68 Å². The number of hydrogen-bond acceptors (Lipinski definition) is 4. The first-order chi connectivity index (χ1) is 10.1. The molecule has 0 unspecified atom stereocenters. The predicted octanol–water partition coefficient (Wildman–Crippen LogP) is 1.59. The number of carbonyl (C=O) groups excluding carboxylic acids is 1. The number of aryl methyl sites for hydroxylation is 1. The number of ether oxygens (including phenoxy) is 1. The average Bonchev–Trinajstić information content (AvgIpc) is 2.45. The average molecular weight is 287 g/mol. The van der Waals surface area contributed by atoms with Crippen molar-refractivity contribution in [3.63, 3.8) is 0 Å². The lowest BCUT2D eigenvalue weighted by Crippen LogP contribution is -2.29. The highest BCUT2D eigenvalue weighted by molar-refractivity contribution is 5.92. The molecule has 0 radical (unpaired) electrons. The van der Waals surface area contributed by atoms with E-state index in [2.05, 4.69) is 10.4 Å². The quantitative estimate of drug-likeness (QED) is 0.906. The summed E-state index contributed by atoms with van der Waals surface area (Å²) in [5.41, 5.74) is 0.941. The molecule has 0 saturated heterocycles. The zero-order chi connectivity index (χ0) is 15.2. The number of rotatable bonds is 5. The fourth-order valence-electron chi connectivity index (χ4n) is 1.84. The predicted molar refractivity (Wildman–Crippen MR) is 79.5 cm³/mol. The van der Waals surface area contributed by atoms with Gasteiger partial charge in [0.1, 0.15) is 12.3 Å². The molecule has 1 aromatic heterocycles. The van der Waals surface area contributed by atoms with E-state index in [0.717, 1.165) is 4.68 Å². The number of para-hydroxylation sites is 2. The molecule has 1 amide bonds. The van der Waals surface area contributed by atoms with Crippen molar-refractivity contribution >= 4 is 11.6 Å². The van der Waals surface area contributed by atoms with E-state index in [-0.39, 0.29) is 18.0 Å². The van der Waals surface area contributed by atoms with Crippen LogP contribution in [0.3, 0.4) is 0 Å². The van der Waals surface area contributed by atoms with Gasteiger partial charge in [-0.2, -0.15) is 5.10 Å². The summed E-state index contributed by atoms with van der Waals surface area (Å²) in [5.74, 6) is 0.264. The topological polar surface area (TPSA) is 73.2 Å². The Morgan fingerprint density at radius 3 is 2.81 bits per heavy atom. The molecule has 110 valence electrons. The SMILES string of the molecule is CCOc1ccccc1NC(=O)Cn1nc(C)ccc1=O. The largest absolute Gasteiger partial charge is 0.492 e. The van der Waals surface area contributed by atoms with Crippen LogP contribution in [0.4, 0.5) is 5.69 Å². The van der Waals surface area contributed by atoms with Crippen molar-refractivity contribution < 1.29 is 9.53 Å². The van der Waals surface area contributed by atoms with Crippen molar-refractivity contribution in [1.29, 1.82) is 0 Å². The standard InChI is InChI=1S/C15H17N3O3/c1-3-21-13-7-5-4-6-12(13)16-14(19)10-18-15(20)9-8-11(2)17-18/h4-9H,3,10H2,1-2H3,(H,16,19). The van der Waals surface area contributed by atoms with Crippen LogP contribution in [0.5, 0.6) is 5.75 Å². The summed E-state index contributed by atoms with van der Waals surface area (Å²) in [5, 5.41) is 6.75. The smallest absolute Gasteiger partial charge is 0.267 e. The maximum absolute atomic E-state index is 12.0. The molecular formula is C15H17N3O3.